The second-order valence-corrected chi connectivity index (χ2v) is 3.55. The third-order valence-electron chi connectivity index (χ3n) is 2.28. The minimum absolute atomic E-state index is 0.0741. The molecule has 14 heavy (non-hydrogen) atoms. The molecule has 0 saturated carbocycles. The molecule has 0 saturated heterocycles. The molecule has 0 spiro atoms. The van der Waals surface area contributed by atoms with Crippen LogP contribution in [0.5, 0.6) is 0 Å². The quantitative estimate of drug-likeness (QED) is 0.838. The van der Waals surface area contributed by atoms with E-state index in [0.29, 0.717) is 5.22 Å². The lowest BCUT2D eigenvalue weighted by atomic mass is 10.0. The predicted molar refractivity (Wildman–Crippen MR) is 54.2 cm³/mol. The summed E-state index contributed by atoms with van der Waals surface area (Å²) in [6.45, 7) is 0.752. The number of rotatable bonds is 3. The van der Waals surface area contributed by atoms with Crippen molar-refractivity contribution in [1.82, 2.24) is 5.32 Å². The van der Waals surface area contributed by atoms with Gasteiger partial charge in [0.1, 0.15) is 5.76 Å². The van der Waals surface area contributed by atoms with E-state index in [1.807, 2.05) is 13.1 Å². The standard InChI is InChI=1S/C10H12ClNO2/c1-12-10(7-4-5-13-6-7)8-2-3-9(11)14-8/h2-3,6,10,12H,4-5H2,1H3. The molecule has 1 aliphatic heterocycles. The Hall–Kier alpha value is -0.930. The Balaban J connectivity index is 2.20. The highest BCUT2D eigenvalue weighted by atomic mass is 35.5. The fourth-order valence-corrected chi connectivity index (χ4v) is 1.76. The van der Waals surface area contributed by atoms with Crippen LogP contribution in [0.25, 0.3) is 0 Å². The molecular weight excluding hydrogens is 202 g/mol. The molecule has 1 N–H and O–H groups in total. The first-order chi connectivity index (χ1) is 6.81. The summed E-state index contributed by atoms with van der Waals surface area (Å²) in [5.74, 6) is 0.828. The molecule has 0 bridgehead atoms. The van der Waals surface area contributed by atoms with E-state index in [1.54, 1.807) is 12.3 Å². The molecule has 1 aromatic rings. The monoisotopic (exact) mass is 213 g/mol. The molecule has 76 valence electrons. The van der Waals surface area contributed by atoms with Crippen molar-refractivity contribution < 1.29 is 9.15 Å². The predicted octanol–water partition coefficient (Wildman–Crippen LogP) is 2.50. The van der Waals surface area contributed by atoms with E-state index in [9.17, 15) is 0 Å². The van der Waals surface area contributed by atoms with E-state index in [-0.39, 0.29) is 6.04 Å². The Morgan fingerprint density at radius 1 is 1.50 bits per heavy atom. The number of halogens is 1. The van der Waals surface area contributed by atoms with Crippen LogP contribution in [0.2, 0.25) is 5.22 Å². The van der Waals surface area contributed by atoms with Crippen LogP contribution in [0.4, 0.5) is 0 Å². The zero-order valence-corrected chi connectivity index (χ0v) is 8.67. The summed E-state index contributed by atoms with van der Waals surface area (Å²) in [5.41, 5.74) is 1.19. The number of hydrogen-bond donors (Lipinski definition) is 1. The van der Waals surface area contributed by atoms with Crippen LogP contribution >= 0.6 is 11.6 Å². The van der Waals surface area contributed by atoms with Gasteiger partial charge in [-0.2, -0.15) is 0 Å². The Bertz CT molecular complexity index is 346. The number of hydrogen-bond acceptors (Lipinski definition) is 3. The molecule has 0 aromatic carbocycles. The van der Waals surface area contributed by atoms with E-state index in [2.05, 4.69) is 5.32 Å². The van der Waals surface area contributed by atoms with E-state index in [4.69, 9.17) is 20.8 Å². The first-order valence-corrected chi connectivity index (χ1v) is 4.92. The molecule has 1 aromatic heterocycles. The van der Waals surface area contributed by atoms with Gasteiger partial charge in [0.2, 0.25) is 0 Å². The average molecular weight is 214 g/mol. The molecule has 3 nitrogen and oxygen atoms in total. The highest BCUT2D eigenvalue weighted by Gasteiger charge is 2.21. The summed E-state index contributed by atoms with van der Waals surface area (Å²) < 4.78 is 10.5. The molecule has 0 fully saturated rings. The summed E-state index contributed by atoms with van der Waals surface area (Å²) in [5, 5.41) is 3.59. The van der Waals surface area contributed by atoms with Gasteiger partial charge < -0.3 is 14.5 Å². The number of ether oxygens (including phenoxy) is 1. The number of likely N-dealkylation sites (N-methyl/N-ethyl adjacent to an activating group) is 1. The van der Waals surface area contributed by atoms with Gasteiger partial charge in [-0.1, -0.05) is 0 Å². The van der Waals surface area contributed by atoms with Crippen molar-refractivity contribution in [3.63, 3.8) is 0 Å². The van der Waals surface area contributed by atoms with Gasteiger partial charge in [-0.05, 0) is 36.4 Å². The Morgan fingerprint density at radius 3 is 2.86 bits per heavy atom. The minimum atomic E-state index is 0.0741. The summed E-state index contributed by atoms with van der Waals surface area (Å²) in [6.07, 6.45) is 2.72. The van der Waals surface area contributed by atoms with Gasteiger partial charge in [0.25, 0.3) is 0 Å². The number of nitrogens with one attached hydrogen (secondary N) is 1. The van der Waals surface area contributed by atoms with Crippen LogP contribution in [0, 0.1) is 0 Å². The number of furan rings is 1. The van der Waals surface area contributed by atoms with Gasteiger partial charge in [0.15, 0.2) is 5.22 Å². The van der Waals surface area contributed by atoms with Crippen LogP contribution in [0.1, 0.15) is 18.2 Å². The second-order valence-electron chi connectivity index (χ2n) is 3.18. The maximum absolute atomic E-state index is 5.72. The molecule has 1 unspecified atom stereocenters. The molecule has 0 amide bonds. The molecule has 1 aliphatic rings. The fraction of sp³-hybridized carbons (Fsp3) is 0.400. The summed E-state index contributed by atoms with van der Waals surface area (Å²) in [7, 11) is 1.89. The lowest BCUT2D eigenvalue weighted by Crippen LogP contribution is -2.17. The van der Waals surface area contributed by atoms with Crippen molar-refractivity contribution in [1.29, 1.82) is 0 Å². The minimum Gasteiger partial charge on any atom is -0.501 e. The molecule has 2 heterocycles. The SMILES string of the molecule is CNC(C1=COCC1)c1ccc(Cl)o1. The zero-order chi connectivity index (χ0) is 9.97. The van der Waals surface area contributed by atoms with Crippen LogP contribution < -0.4 is 5.32 Å². The van der Waals surface area contributed by atoms with Gasteiger partial charge >= 0.3 is 0 Å². The highest BCUT2D eigenvalue weighted by Crippen LogP contribution is 2.29. The van der Waals surface area contributed by atoms with Gasteiger partial charge in [-0.3, -0.25) is 0 Å². The van der Waals surface area contributed by atoms with Crippen LogP contribution in [-0.4, -0.2) is 13.7 Å². The van der Waals surface area contributed by atoms with Gasteiger partial charge in [-0.15, -0.1) is 0 Å². The molecule has 2 rings (SSSR count). The van der Waals surface area contributed by atoms with Crippen molar-refractivity contribution in [2.24, 2.45) is 0 Å². The van der Waals surface area contributed by atoms with E-state index in [1.165, 1.54) is 5.57 Å². The lowest BCUT2D eigenvalue weighted by Gasteiger charge is -2.13. The normalized spacial score (nSPS) is 17.7. The zero-order valence-electron chi connectivity index (χ0n) is 7.92. The van der Waals surface area contributed by atoms with Crippen LogP contribution in [0.15, 0.2) is 28.4 Å². The van der Waals surface area contributed by atoms with E-state index < -0.39 is 0 Å². The Kier molecular flexibility index (Phi) is 2.79. The van der Waals surface area contributed by atoms with Crippen molar-refractivity contribution in [2.75, 3.05) is 13.7 Å². The van der Waals surface area contributed by atoms with Crippen molar-refractivity contribution in [3.05, 3.63) is 34.9 Å². The van der Waals surface area contributed by atoms with E-state index in [0.717, 1.165) is 18.8 Å². The van der Waals surface area contributed by atoms with Gasteiger partial charge in [-0.25, -0.2) is 0 Å². The highest BCUT2D eigenvalue weighted by molar-refractivity contribution is 6.28. The topological polar surface area (TPSA) is 34.4 Å². The summed E-state index contributed by atoms with van der Waals surface area (Å²) >= 11 is 5.72. The molecule has 0 aliphatic carbocycles. The molecular formula is C10H12ClNO2. The Morgan fingerprint density at radius 2 is 2.36 bits per heavy atom. The third-order valence-corrected chi connectivity index (χ3v) is 2.48. The molecule has 1 atom stereocenters. The summed E-state index contributed by atoms with van der Waals surface area (Å²) in [4.78, 5) is 0. The lowest BCUT2D eigenvalue weighted by molar-refractivity contribution is 0.281. The first kappa shape index (κ1) is 9.62. The first-order valence-electron chi connectivity index (χ1n) is 4.54. The smallest absolute Gasteiger partial charge is 0.193 e. The third kappa shape index (κ3) is 1.79. The van der Waals surface area contributed by atoms with Crippen LogP contribution in [0.3, 0.4) is 0 Å². The maximum Gasteiger partial charge on any atom is 0.193 e. The maximum atomic E-state index is 5.72. The average Bonchev–Trinajstić information content (AvgIpc) is 2.79. The molecule has 4 heteroatoms. The summed E-state index contributed by atoms with van der Waals surface area (Å²) in [6, 6.07) is 3.70. The van der Waals surface area contributed by atoms with Crippen molar-refractivity contribution >= 4 is 11.6 Å². The van der Waals surface area contributed by atoms with Crippen molar-refractivity contribution in [3.8, 4) is 0 Å². The van der Waals surface area contributed by atoms with Crippen LogP contribution in [-0.2, 0) is 4.74 Å². The Labute approximate surface area is 87.7 Å². The van der Waals surface area contributed by atoms with Crippen molar-refractivity contribution in [2.45, 2.75) is 12.5 Å². The van der Waals surface area contributed by atoms with Gasteiger partial charge in [0, 0.05) is 6.42 Å². The van der Waals surface area contributed by atoms with Gasteiger partial charge in [0.05, 0.1) is 18.9 Å². The largest absolute Gasteiger partial charge is 0.501 e. The fourth-order valence-electron chi connectivity index (χ4n) is 1.61. The second kappa shape index (κ2) is 4.07. The van der Waals surface area contributed by atoms with E-state index >= 15 is 0 Å². The molecule has 0 radical (unpaired) electrons.